The molecule has 0 spiro atoms. The van der Waals surface area contributed by atoms with Crippen LogP contribution in [0.25, 0.3) is 0 Å². The fraction of sp³-hybridized carbons (Fsp3) is 0.643. The fourth-order valence-electron chi connectivity index (χ4n) is 2.68. The molecule has 1 amide bonds. The fourth-order valence-corrected chi connectivity index (χ4v) is 2.99. The number of carbonyl (C=O) groups is 1. The number of rotatable bonds is 4. The number of furan rings is 1. The predicted octanol–water partition coefficient (Wildman–Crippen LogP) is 3.06. The van der Waals surface area contributed by atoms with E-state index < -0.39 is 11.4 Å². The first-order valence-corrected chi connectivity index (χ1v) is 7.65. The minimum atomic E-state index is -0.943. The Balaban J connectivity index is 2.17. The molecule has 1 unspecified atom stereocenters. The molecule has 0 saturated heterocycles. The normalized spacial score (nSPS) is 20.7. The van der Waals surface area contributed by atoms with Crippen molar-refractivity contribution in [2.24, 2.45) is 5.73 Å². The Labute approximate surface area is 122 Å². The lowest BCUT2D eigenvalue weighted by Gasteiger charge is -2.30. The van der Waals surface area contributed by atoms with E-state index in [9.17, 15) is 4.79 Å². The average molecular weight is 329 g/mol. The van der Waals surface area contributed by atoms with E-state index in [1.54, 1.807) is 19.1 Å². The smallest absolute Gasteiger partial charge is 0.245 e. The van der Waals surface area contributed by atoms with Crippen LogP contribution in [0, 0.1) is 0 Å². The molecule has 19 heavy (non-hydrogen) atoms. The van der Waals surface area contributed by atoms with Crippen molar-refractivity contribution in [3.63, 3.8) is 0 Å². The molecule has 1 aromatic heterocycles. The van der Waals surface area contributed by atoms with Gasteiger partial charge in [0.2, 0.25) is 5.91 Å². The van der Waals surface area contributed by atoms with E-state index in [1.165, 1.54) is 25.7 Å². The molecule has 5 heteroatoms. The summed E-state index contributed by atoms with van der Waals surface area (Å²) in [6.07, 6.45) is 7.13. The first kappa shape index (κ1) is 14.6. The Kier molecular flexibility index (Phi) is 4.68. The van der Waals surface area contributed by atoms with Gasteiger partial charge in [-0.15, -0.1) is 0 Å². The first-order chi connectivity index (χ1) is 9.02. The molecule has 2 rings (SSSR count). The summed E-state index contributed by atoms with van der Waals surface area (Å²) in [6.45, 7) is 1.80. The van der Waals surface area contributed by atoms with Gasteiger partial charge < -0.3 is 10.2 Å². The van der Waals surface area contributed by atoms with E-state index >= 15 is 0 Å². The van der Waals surface area contributed by atoms with Crippen LogP contribution in [0.3, 0.4) is 0 Å². The highest BCUT2D eigenvalue weighted by Crippen LogP contribution is 2.28. The van der Waals surface area contributed by atoms with Crippen LogP contribution >= 0.6 is 15.9 Å². The van der Waals surface area contributed by atoms with Gasteiger partial charge in [-0.2, -0.15) is 0 Å². The summed E-state index contributed by atoms with van der Waals surface area (Å²) < 4.78 is 6.15. The van der Waals surface area contributed by atoms with Crippen molar-refractivity contribution in [2.45, 2.75) is 57.0 Å². The number of hydrogen-bond donors (Lipinski definition) is 2. The molecule has 1 heterocycles. The van der Waals surface area contributed by atoms with Gasteiger partial charge in [0.25, 0.3) is 0 Å². The van der Waals surface area contributed by atoms with Gasteiger partial charge in [0.1, 0.15) is 5.76 Å². The van der Waals surface area contributed by atoms with E-state index in [-0.39, 0.29) is 0 Å². The Bertz CT molecular complexity index is 438. The molecule has 106 valence electrons. The number of hydrogen-bond acceptors (Lipinski definition) is 3. The number of nitrogens with one attached hydrogen (secondary N) is 1. The van der Waals surface area contributed by atoms with E-state index in [0.717, 1.165) is 12.8 Å². The summed E-state index contributed by atoms with van der Waals surface area (Å²) in [7, 11) is 0. The van der Waals surface area contributed by atoms with Gasteiger partial charge in [0.05, 0.1) is 0 Å². The van der Waals surface area contributed by atoms with Gasteiger partial charge in [-0.3, -0.25) is 10.1 Å². The van der Waals surface area contributed by atoms with Crippen LogP contribution in [0.5, 0.6) is 0 Å². The minimum absolute atomic E-state index is 0.323. The molecule has 0 radical (unpaired) electrons. The molecule has 1 fully saturated rings. The second-order valence-electron chi connectivity index (χ2n) is 5.43. The summed E-state index contributed by atoms with van der Waals surface area (Å²) in [5, 5.41) is 3.41. The maximum absolute atomic E-state index is 11.9. The second kappa shape index (κ2) is 6.09. The molecular formula is C14H21BrN2O2. The Hall–Kier alpha value is -0.810. The first-order valence-electron chi connectivity index (χ1n) is 6.86. The van der Waals surface area contributed by atoms with Crippen molar-refractivity contribution < 1.29 is 9.21 Å². The second-order valence-corrected chi connectivity index (χ2v) is 6.21. The molecule has 4 nitrogen and oxygen atoms in total. The van der Waals surface area contributed by atoms with Crippen LogP contribution < -0.4 is 11.1 Å². The van der Waals surface area contributed by atoms with Gasteiger partial charge >= 0.3 is 0 Å². The van der Waals surface area contributed by atoms with Crippen LogP contribution in [-0.2, 0) is 10.3 Å². The zero-order chi connectivity index (χ0) is 13.9. The summed E-state index contributed by atoms with van der Waals surface area (Å²) in [6, 6.07) is 3.90. The van der Waals surface area contributed by atoms with E-state index in [2.05, 4.69) is 21.2 Å². The van der Waals surface area contributed by atoms with Crippen LogP contribution in [0.15, 0.2) is 21.2 Å². The maximum atomic E-state index is 11.9. The molecule has 1 aliphatic carbocycles. The van der Waals surface area contributed by atoms with Crippen molar-refractivity contribution in [2.75, 3.05) is 0 Å². The van der Waals surface area contributed by atoms with Crippen molar-refractivity contribution in [3.8, 4) is 0 Å². The lowest BCUT2D eigenvalue weighted by Crippen LogP contribution is -2.54. The number of amides is 1. The molecule has 1 atom stereocenters. The summed E-state index contributed by atoms with van der Waals surface area (Å²) in [5.74, 6) is 0.162. The molecule has 0 bridgehead atoms. The monoisotopic (exact) mass is 328 g/mol. The highest BCUT2D eigenvalue weighted by atomic mass is 79.9. The highest BCUT2D eigenvalue weighted by molar-refractivity contribution is 9.10. The Morgan fingerprint density at radius 2 is 2.00 bits per heavy atom. The van der Waals surface area contributed by atoms with Crippen LogP contribution in [0.1, 0.15) is 51.2 Å². The molecular weight excluding hydrogens is 308 g/mol. The standard InChI is InChI=1S/C14H21BrN2O2/c1-14(13(16)18,11-8-9-12(15)19-11)17-10-6-4-2-3-5-7-10/h8-10,17H,2-7H2,1H3,(H2,16,18). The van der Waals surface area contributed by atoms with Crippen molar-refractivity contribution >= 4 is 21.8 Å². The van der Waals surface area contributed by atoms with Crippen LogP contribution in [0.4, 0.5) is 0 Å². The molecule has 1 aliphatic rings. The summed E-state index contributed by atoms with van der Waals surface area (Å²) in [5.41, 5.74) is 4.65. The van der Waals surface area contributed by atoms with Gasteiger partial charge in [-0.1, -0.05) is 25.7 Å². The SMILES string of the molecule is CC(NC1CCCCCC1)(C(N)=O)c1ccc(Br)o1. The molecule has 0 aromatic carbocycles. The van der Waals surface area contributed by atoms with Gasteiger partial charge in [-0.25, -0.2) is 0 Å². The van der Waals surface area contributed by atoms with E-state index in [0.29, 0.717) is 16.5 Å². The zero-order valence-electron chi connectivity index (χ0n) is 11.2. The number of carbonyl (C=O) groups excluding carboxylic acids is 1. The maximum Gasteiger partial charge on any atom is 0.245 e. The molecule has 0 aliphatic heterocycles. The third kappa shape index (κ3) is 3.39. The number of halogens is 1. The van der Waals surface area contributed by atoms with Gasteiger partial charge in [0.15, 0.2) is 10.2 Å². The summed E-state index contributed by atoms with van der Waals surface area (Å²) in [4.78, 5) is 11.9. The van der Waals surface area contributed by atoms with E-state index in [1.807, 2.05) is 0 Å². The Morgan fingerprint density at radius 3 is 2.47 bits per heavy atom. The van der Waals surface area contributed by atoms with Gasteiger partial charge in [0, 0.05) is 6.04 Å². The largest absolute Gasteiger partial charge is 0.452 e. The minimum Gasteiger partial charge on any atom is -0.452 e. The van der Waals surface area contributed by atoms with Crippen LogP contribution in [0.2, 0.25) is 0 Å². The van der Waals surface area contributed by atoms with Crippen molar-refractivity contribution in [1.82, 2.24) is 5.32 Å². The third-order valence-corrected chi connectivity index (χ3v) is 4.33. The molecule has 1 aromatic rings. The Morgan fingerprint density at radius 1 is 1.37 bits per heavy atom. The third-order valence-electron chi connectivity index (χ3n) is 3.91. The van der Waals surface area contributed by atoms with Gasteiger partial charge in [-0.05, 0) is 47.8 Å². The molecule has 3 N–H and O–H groups in total. The zero-order valence-corrected chi connectivity index (χ0v) is 12.8. The van der Waals surface area contributed by atoms with Crippen molar-refractivity contribution in [3.05, 3.63) is 22.6 Å². The predicted molar refractivity (Wildman–Crippen MR) is 77.6 cm³/mol. The van der Waals surface area contributed by atoms with Crippen molar-refractivity contribution in [1.29, 1.82) is 0 Å². The lowest BCUT2D eigenvalue weighted by atomic mass is 9.95. The lowest BCUT2D eigenvalue weighted by molar-refractivity contribution is -0.125. The topological polar surface area (TPSA) is 68.3 Å². The van der Waals surface area contributed by atoms with Crippen LogP contribution in [-0.4, -0.2) is 11.9 Å². The summed E-state index contributed by atoms with van der Waals surface area (Å²) >= 11 is 3.26. The molecule has 1 saturated carbocycles. The van der Waals surface area contributed by atoms with E-state index in [4.69, 9.17) is 10.2 Å². The number of nitrogens with two attached hydrogens (primary N) is 1. The highest BCUT2D eigenvalue weighted by Gasteiger charge is 2.38. The quantitative estimate of drug-likeness (QED) is 0.834. The average Bonchev–Trinajstić information content (AvgIpc) is 2.64. The number of primary amides is 1.